The summed E-state index contributed by atoms with van der Waals surface area (Å²) in [6.45, 7) is 2.26. The Morgan fingerprint density at radius 2 is 2.35 bits per heavy atom. The minimum atomic E-state index is -0.125. The Labute approximate surface area is 154 Å². The van der Waals surface area contributed by atoms with E-state index < -0.39 is 0 Å². The highest BCUT2D eigenvalue weighted by molar-refractivity contribution is 7.07. The van der Waals surface area contributed by atoms with Crippen molar-refractivity contribution in [3.63, 3.8) is 0 Å². The third-order valence-corrected chi connectivity index (χ3v) is 5.21. The standard InChI is InChI=1S/C16H20N8OS/c1-23-14-11(6-20-23)13(17)21-16(22-14)24-4-2-3-10(7-24)5-18-15(25)12-8-26-9-19-12/h6,8-10H,2-5,7H2,1H3,(H,18,25)(H2,17,21,22). The summed E-state index contributed by atoms with van der Waals surface area (Å²) in [5.74, 6) is 1.27. The molecule has 0 saturated carbocycles. The van der Waals surface area contributed by atoms with Crippen molar-refractivity contribution in [1.29, 1.82) is 0 Å². The molecule has 0 aromatic carbocycles. The van der Waals surface area contributed by atoms with E-state index in [9.17, 15) is 4.79 Å². The Bertz CT molecular complexity index is 922. The van der Waals surface area contributed by atoms with Crippen LogP contribution in [0.1, 0.15) is 23.3 Å². The van der Waals surface area contributed by atoms with Crippen LogP contribution in [0.15, 0.2) is 17.1 Å². The maximum Gasteiger partial charge on any atom is 0.270 e. The topological polar surface area (TPSA) is 115 Å². The number of carbonyl (C=O) groups is 1. The Balaban J connectivity index is 1.45. The third kappa shape index (κ3) is 3.19. The molecule has 26 heavy (non-hydrogen) atoms. The van der Waals surface area contributed by atoms with E-state index >= 15 is 0 Å². The van der Waals surface area contributed by atoms with Gasteiger partial charge in [0.15, 0.2) is 5.65 Å². The molecule has 3 aromatic heterocycles. The lowest BCUT2D eigenvalue weighted by Gasteiger charge is -2.32. The summed E-state index contributed by atoms with van der Waals surface area (Å²) in [4.78, 5) is 27.3. The molecular weight excluding hydrogens is 352 g/mol. The van der Waals surface area contributed by atoms with Gasteiger partial charge in [-0.2, -0.15) is 15.1 Å². The van der Waals surface area contributed by atoms with Crippen LogP contribution >= 0.6 is 11.3 Å². The predicted molar refractivity (Wildman–Crippen MR) is 100 cm³/mol. The van der Waals surface area contributed by atoms with Crippen molar-refractivity contribution in [3.05, 3.63) is 22.8 Å². The van der Waals surface area contributed by atoms with E-state index in [0.29, 0.717) is 29.9 Å². The summed E-state index contributed by atoms with van der Waals surface area (Å²) in [7, 11) is 1.84. The normalized spacial score (nSPS) is 17.6. The average Bonchev–Trinajstić information content (AvgIpc) is 3.31. The molecule has 0 radical (unpaired) electrons. The van der Waals surface area contributed by atoms with Gasteiger partial charge in [0, 0.05) is 32.1 Å². The van der Waals surface area contributed by atoms with Crippen LogP contribution in [-0.4, -0.2) is 50.3 Å². The molecular formula is C16H20N8OS. The van der Waals surface area contributed by atoms with Gasteiger partial charge in [0.25, 0.3) is 5.91 Å². The maximum absolute atomic E-state index is 12.1. The van der Waals surface area contributed by atoms with Gasteiger partial charge in [0.1, 0.15) is 11.5 Å². The zero-order valence-electron chi connectivity index (χ0n) is 14.4. The van der Waals surface area contributed by atoms with Crippen molar-refractivity contribution < 1.29 is 4.79 Å². The number of carbonyl (C=O) groups excluding carboxylic acids is 1. The van der Waals surface area contributed by atoms with Gasteiger partial charge in [0.05, 0.1) is 17.1 Å². The molecule has 1 fully saturated rings. The molecule has 1 saturated heterocycles. The second kappa shape index (κ2) is 6.87. The van der Waals surface area contributed by atoms with E-state index in [1.165, 1.54) is 11.3 Å². The fourth-order valence-electron chi connectivity index (χ4n) is 3.24. The number of nitrogens with one attached hydrogen (secondary N) is 1. The van der Waals surface area contributed by atoms with Crippen LogP contribution in [-0.2, 0) is 7.05 Å². The summed E-state index contributed by atoms with van der Waals surface area (Å²) in [5.41, 5.74) is 8.93. The van der Waals surface area contributed by atoms with Gasteiger partial charge in [-0.25, -0.2) is 4.98 Å². The van der Waals surface area contributed by atoms with E-state index in [1.54, 1.807) is 21.8 Å². The van der Waals surface area contributed by atoms with Gasteiger partial charge in [0.2, 0.25) is 5.95 Å². The highest BCUT2D eigenvalue weighted by Crippen LogP contribution is 2.24. The number of thiazole rings is 1. The minimum absolute atomic E-state index is 0.125. The fraction of sp³-hybridized carbons (Fsp3) is 0.438. The number of hydrogen-bond donors (Lipinski definition) is 2. The Kier molecular flexibility index (Phi) is 4.41. The van der Waals surface area contributed by atoms with Crippen molar-refractivity contribution >= 4 is 40.0 Å². The lowest BCUT2D eigenvalue weighted by atomic mass is 9.98. The molecule has 1 aliphatic heterocycles. The van der Waals surface area contributed by atoms with Gasteiger partial charge in [-0.3, -0.25) is 9.48 Å². The number of anilines is 2. The Morgan fingerprint density at radius 1 is 1.46 bits per heavy atom. The SMILES string of the molecule is Cn1ncc2c(N)nc(N3CCCC(CNC(=O)c4cscn4)C3)nc21. The molecule has 0 bridgehead atoms. The number of piperidine rings is 1. The van der Waals surface area contributed by atoms with Gasteiger partial charge in [-0.1, -0.05) is 0 Å². The summed E-state index contributed by atoms with van der Waals surface area (Å²) >= 11 is 1.42. The van der Waals surface area contributed by atoms with E-state index in [-0.39, 0.29) is 5.91 Å². The molecule has 1 amide bonds. The molecule has 0 spiro atoms. The monoisotopic (exact) mass is 372 g/mol. The smallest absolute Gasteiger partial charge is 0.270 e. The molecule has 9 nitrogen and oxygen atoms in total. The number of nitrogen functional groups attached to an aromatic ring is 1. The molecule has 4 rings (SSSR count). The van der Waals surface area contributed by atoms with Crippen molar-refractivity contribution in [2.24, 2.45) is 13.0 Å². The van der Waals surface area contributed by atoms with Crippen molar-refractivity contribution in [2.45, 2.75) is 12.8 Å². The first kappa shape index (κ1) is 16.7. The number of nitrogens with zero attached hydrogens (tertiary/aromatic N) is 6. The van der Waals surface area contributed by atoms with Gasteiger partial charge < -0.3 is 16.0 Å². The molecule has 4 heterocycles. The van der Waals surface area contributed by atoms with Crippen molar-refractivity contribution in [1.82, 2.24) is 30.0 Å². The molecule has 0 aliphatic carbocycles. The van der Waals surface area contributed by atoms with Gasteiger partial charge in [-0.05, 0) is 18.8 Å². The predicted octanol–water partition coefficient (Wildman–Crippen LogP) is 1.05. The molecule has 1 unspecified atom stereocenters. The molecule has 3 N–H and O–H groups in total. The number of hydrogen-bond acceptors (Lipinski definition) is 8. The molecule has 3 aromatic rings. The third-order valence-electron chi connectivity index (χ3n) is 4.63. The van der Waals surface area contributed by atoms with E-state index in [1.807, 2.05) is 7.05 Å². The second-order valence-electron chi connectivity index (χ2n) is 6.45. The number of fused-ring (bicyclic) bond motifs is 1. The highest BCUT2D eigenvalue weighted by Gasteiger charge is 2.24. The quantitative estimate of drug-likeness (QED) is 0.703. The summed E-state index contributed by atoms with van der Waals surface area (Å²) in [6, 6.07) is 0. The van der Waals surface area contributed by atoms with Crippen LogP contribution in [0, 0.1) is 5.92 Å². The van der Waals surface area contributed by atoms with Crippen LogP contribution in [0.3, 0.4) is 0 Å². The highest BCUT2D eigenvalue weighted by atomic mass is 32.1. The first-order valence-corrected chi connectivity index (χ1v) is 9.42. The second-order valence-corrected chi connectivity index (χ2v) is 7.17. The first-order valence-electron chi connectivity index (χ1n) is 8.48. The fourth-order valence-corrected chi connectivity index (χ4v) is 3.77. The zero-order chi connectivity index (χ0) is 18.1. The van der Waals surface area contributed by atoms with Crippen LogP contribution < -0.4 is 16.0 Å². The largest absolute Gasteiger partial charge is 0.383 e. The average molecular weight is 372 g/mol. The number of aromatic nitrogens is 5. The van der Waals surface area contributed by atoms with Crippen molar-refractivity contribution in [2.75, 3.05) is 30.3 Å². The summed E-state index contributed by atoms with van der Waals surface area (Å²) in [5, 5.41) is 9.68. The first-order chi connectivity index (χ1) is 12.6. The molecule has 1 atom stereocenters. The Morgan fingerprint density at radius 3 is 3.15 bits per heavy atom. The van der Waals surface area contributed by atoms with Gasteiger partial charge >= 0.3 is 0 Å². The molecule has 1 aliphatic rings. The summed E-state index contributed by atoms with van der Waals surface area (Å²) in [6.07, 6.45) is 3.75. The summed E-state index contributed by atoms with van der Waals surface area (Å²) < 4.78 is 1.70. The lowest BCUT2D eigenvalue weighted by molar-refractivity contribution is 0.0941. The van der Waals surface area contributed by atoms with Crippen molar-refractivity contribution in [3.8, 4) is 0 Å². The Hall–Kier alpha value is -2.75. The maximum atomic E-state index is 12.1. The van der Waals surface area contributed by atoms with E-state index in [2.05, 4.69) is 30.3 Å². The van der Waals surface area contributed by atoms with Crippen LogP contribution in [0.2, 0.25) is 0 Å². The van der Waals surface area contributed by atoms with Crippen LogP contribution in [0.4, 0.5) is 11.8 Å². The van der Waals surface area contributed by atoms with Gasteiger partial charge in [-0.15, -0.1) is 11.3 Å². The van der Waals surface area contributed by atoms with Crippen LogP contribution in [0.25, 0.3) is 11.0 Å². The molecule has 136 valence electrons. The zero-order valence-corrected chi connectivity index (χ0v) is 15.2. The number of amides is 1. The number of aryl methyl sites for hydroxylation is 1. The molecule has 10 heteroatoms. The number of nitrogens with two attached hydrogens (primary N) is 1. The lowest BCUT2D eigenvalue weighted by Crippen LogP contribution is -2.41. The van der Waals surface area contributed by atoms with E-state index in [4.69, 9.17) is 5.73 Å². The minimum Gasteiger partial charge on any atom is -0.383 e. The number of rotatable bonds is 4. The van der Waals surface area contributed by atoms with E-state index in [0.717, 1.165) is 37.0 Å². The van der Waals surface area contributed by atoms with Crippen LogP contribution in [0.5, 0.6) is 0 Å².